The van der Waals surface area contributed by atoms with E-state index in [2.05, 4.69) is 11.9 Å². The molecule has 1 aromatic heterocycles. The molecule has 0 radical (unpaired) electrons. The number of allylic oxidation sites excluding steroid dienone is 4. The lowest BCUT2D eigenvalue weighted by atomic mass is 9.89. The fourth-order valence-electron chi connectivity index (χ4n) is 4.82. The summed E-state index contributed by atoms with van der Waals surface area (Å²) in [6.45, 7) is 0.915. The fourth-order valence-corrected chi connectivity index (χ4v) is 4.82. The lowest BCUT2D eigenvalue weighted by Crippen LogP contribution is -2.22. The second-order valence-corrected chi connectivity index (χ2v) is 9.75. The molecule has 0 aliphatic carbocycles. The van der Waals surface area contributed by atoms with Crippen molar-refractivity contribution in [1.82, 2.24) is 9.88 Å². The van der Waals surface area contributed by atoms with E-state index in [1.807, 2.05) is 12.2 Å². The Labute approximate surface area is 227 Å². The molecule has 0 spiro atoms. The molecule has 4 heteroatoms. The molecule has 1 aliphatic rings. The summed E-state index contributed by atoms with van der Waals surface area (Å²) >= 11 is 0. The van der Waals surface area contributed by atoms with Crippen molar-refractivity contribution in [3.8, 4) is 0 Å². The molecule has 0 bridgehead atoms. The van der Waals surface area contributed by atoms with Crippen LogP contribution in [0.1, 0.15) is 116 Å². The minimum Gasteiger partial charge on any atom is -0.481 e. The third-order valence-corrected chi connectivity index (χ3v) is 6.88. The Morgan fingerprint density at radius 1 is 1.06 bits per heavy atom. The fraction of sp³-hybridized carbons (Fsp3) is 0.594. The van der Waals surface area contributed by atoms with Crippen molar-refractivity contribution in [1.29, 1.82) is 0 Å². The van der Waals surface area contributed by atoms with Gasteiger partial charge in [-0.25, -0.2) is 0 Å². The Hall–Kier alpha value is -2.33. The monoisotopic (exact) mass is 498 g/mol. The molecule has 3 rings (SSSR count). The second kappa shape index (κ2) is 16.4. The Kier molecular flexibility index (Phi) is 9.44. The number of carbonyl (C=O) groups is 1. The Morgan fingerprint density at radius 3 is 2.50 bits per heavy atom. The molecule has 2 aromatic rings. The van der Waals surface area contributed by atoms with Gasteiger partial charge in [-0.15, -0.1) is 0 Å². The van der Waals surface area contributed by atoms with Crippen molar-refractivity contribution in [2.75, 3.05) is 19.6 Å². The quantitative estimate of drug-likeness (QED) is 0.160. The van der Waals surface area contributed by atoms with Gasteiger partial charge in [-0.1, -0.05) is 75.5 Å². The molecule has 36 heavy (non-hydrogen) atoms. The zero-order chi connectivity index (χ0) is 30.8. The van der Waals surface area contributed by atoms with E-state index in [0.717, 1.165) is 64.2 Å². The van der Waals surface area contributed by atoms with Crippen molar-refractivity contribution < 1.29 is 18.1 Å². The molecule has 4 nitrogen and oxygen atoms in total. The van der Waals surface area contributed by atoms with E-state index in [0.29, 0.717) is 42.4 Å². The van der Waals surface area contributed by atoms with Crippen molar-refractivity contribution in [2.24, 2.45) is 0 Å². The van der Waals surface area contributed by atoms with E-state index in [4.69, 9.17) is 8.22 Å². The van der Waals surface area contributed by atoms with Crippen molar-refractivity contribution in [2.45, 2.75) is 103 Å². The molecule has 1 atom stereocenters. The van der Waals surface area contributed by atoms with Crippen molar-refractivity contribution in [3.63, 3.8) is 0 Å². The minimum atomic E-state index is -2.34. The molecule has 1 unspecified atom stereocenters. The van der Waals surface area contributed by atoms with Crippen LogP contribution >= 0.6 is 0 Å². The number of unbranched alkanes of at least 4 members (excludes halogenated alkanes) is 7. The predicted molar refractivity (Wildman–Crippen MR) is 153 cm³/mol. The molecule has 1 aliphatic heterocycles. The topological polar surface area (TPSA) is 56.3 Å². The molecule has 1 fully saturated rings. The highest BCUT2D eigenvalue weighted by Gasteiger charge is 2.23. The number of nitrogens with one attached hydrogen (secondary N) is 1. The molecule has 1 saturated heterocycles. The number of nitrogens with zero attached hydrogens (tertiary/aromatic N) is 1. The highest BCUT2D eigenvalue weighted by molar-refractivity contribution is 5.91. The van der Waals surface area contributed by atoms with Crippen LogP contribution in [0, 0.1) is 0 Å². The first kappa shape index (κ1) is 20.7. The summed E-state index contributed by atoms with van der Waals surface area (Å²) in [5.41, 5.74) is 1.29. The van der Waals surface area contributed by atoms with E-state index in [9.17, 15) is 9.90 Å². The summed E-state index contributed by atoms with van der Waals surface area (Å²) in [6.07, 6.45) is 15.3. The Bertz CT molecular complexity index is 1200. The molecular weight excluding hydrogens is 444 g/mol. The Balaban J connectivity index is 1.60. The van der Waals surface area contributed by atoms with Gasteiger partial charge in [-0.05, 0) is 88.0 Å². The zero-order valence-corrected chi connectivity index (χ0v) is 21.9. The van der Waals surface area contributed by atoms with Crippen LogP contribution in [0.5, 0.6) is 0 Å². The van der Waals surface area contributed by atoms with E-state index >= 15 is 0 Å². The first-order valence-electron chi connectivity index (χ1n) is 16.9. The largest absolute Gasteiger partial charge is 0.481 e. The maximum atomic E-state index is 12.4. The van der Waals surface area contributed by atoms with Crippen LogP contribution in [0.2, 0.25) is 0 Å². The molecule has 2 heterocycles. The van der Waals surface area contributed by atoms with Gasteiger partial charge in [0.1, 0.15) is 0 Å². The average molecular weight is 499 g/mol. The number of aryl methyl sites for hydroxylation is 1. The smallest absolute Gasteiger partial charge is 0.310 e. The summed E-state index contributed by atoms with van der Waals surface area (Å²) in [4.78, 5) is 17.0. The lowest BCUT2D eigenvalue weighted by Gasteiger charge is -2.17. The lowest BCUT2D eigenvalue weighted by molar-refractivity contribution is -0.139. The molecule has 1 aromatic carbocycles. The number of benzene rings is 1. The summed E-state index contributed by atoms with van der Waals surface area (Å²) in [5, 5.41) is 10.6. The van der Waals surface area contributed by atoms with Gasteiger partial charge in [-0.2, -0.15) is 0 Å². The second-order valence-electron chi connectivity index (χ2n) is 9.75. The van der Waals surface area contributed by atoms with Crippen LogP contribution in [0.25, 0.3) is 10.9 Å². The zero-order valence-electron chi connectivity index (χ0n) is 27.9. The predicted octanol–water partition coefficient (Wildman–Crippen LogP) is 8.40. The number of hydrogen-bond donors (Lipinski definition) is 2. The summed E-state index contributed by atoms with van der Waals surface area (Å²) < 4.78 is 51.3. The Morgan fingerprint density at radius 2 is 1.78 bits per heavy atom. The average Bonchev–Trinajstić information content (AvgIpc) is 3.63. The van der Waals surface area contributed by atoms with Crippen molar-refractivity contribution in [3.05, 3.63) is 59.8 Å². The van der Waals surface area contributed by atoms with Gasteiger partial charge >= 0.3 is 5.97 Å². The summed E-state index contributed by atoms with van der Waals surface area (Å²) in [5.74, 6) is -1.79. The highest BCUT2D eigenvalue weighted by Crippen LogP contribution is 2.32. The number of aliphatic carboxylic acids is 1. The van der Waals surface area contributed by atoms with Crippen molar-refractivity contribution >= 4 is 16.9 Å². The van der Waals surface area contributed by atoms with Crippen LogP contribution < -0.4 is 0 Å². The van der Waals surface area contributed by atoms with E-state index in [1.165, 1.54) is 6.20 Å². The van der Waals surface area contributed by atoms with Crippen LogP contribution in [0.15, 0.2) is 48.7 Å². The number of carboxylic acid groups (broad SMARTS) is 1. The maximum Gasteiger partial charge on any atom is 0.310 e. The molecule has 0 amide bonds. The first-order valence-corrected chi connectivity index (χ1v) is 13.9. The SMILES string of the molecule is [2H]C([2H])(/C=C\CCCCC)/C=C\CCCCCCC(C(=O)O)c1cccc2[nH]cc(C([2H])([2H])C([2H])([2H])N3CCCC3)c12. The number of aromatic nitrogens is 1. The summed E-state index contributed by atoms with van der Waals surface area (Å²) in [6, 6.07) is 5.28. The first-order chi connectivity index (χ1) is 19.9. The standard InChI is InChI=1S/C32H48N2O2/c1-2-3-4-5-6-7-8-9-10-11-12-13-14-15-19-29(32(35)36)28-20-18-21-30-31(28)27(26-33-30)22-25-34-23-16-17-24-34/h6-7,9-10,18,20-21,26,29,33H,2-5,8,11-17,19,22-25H2,1H3,(H,35,36)/b7-6-,10-9-/i8D2,22D2,25D2. The van der Waals surface area contributed by atoms with E-state index in [1.54, 1.807) is 35.3 Å². The van der Waals surface area contributed by atoms with Gasteiger partial charge < -0.3 is 15.0 Å². The third-order valence-electron chi connectivity index (χ3n) is 6.88. The highest BCUT2D eigenvalue weighted by atomic mass is 16.4. The minimum absolute atomic E-state index is 0.165. The summed E-state index contributed by atoms with van der Waals surface area (Å²) in [7, 11) is 0. The van der Waals surface area contributed by atoms with Gasteiger partial charge in [0.2, 0.25) is 0 Å². The number of carboxylic acids is 1. The number of rotatable bonds is 18. The van der Waals surface area contributed by atoms with E-state index < -0.39 is 31.1 Å². The molecule has 2 N–H and O–H groups in total. The van der Waals surface area contributed by atoms with Gasteiger partial charge in [-0.3, -0.25) is 4.79 Å². The number of H-pyrrole nitrogens is 1. The van der Waals surface area contributed by atoms with Gasteiger partial charge in [0.05, 0.1) is 5.92 Å². The number of fused-ring (bicyclic) bond motifs is 1. The third kappa shape index (κ3) is 9.28. The number of hydrogen-bond acceptors (Lipinski definition) is 2. The molecular formula is C32H48N2O2. The molecule has 0 saturated carbocycles. The van der Waals surface area contributed by atoms with Gasteiger partial charge in [0.15, 0.2) is 0 Å². The van der Waals surface area contributed by atoms with Crippen LogP contribution in [0.4, 0.5) is 0 Å². The van der Waals surface area contributed by atoms with Gasteiger partial charge in [0.25, 0.3) is 0 Å². The number of aromatic amines is 1. The van der Waals surface area contributed by atoms with Crippen LogP contribution in [0.3, 0.4) is 0 Å². The normalized spacial score (nSPS) is 19.2. The number of likely N-dealkylation sites (tertiary alicyclic amines) is 1. The van der Waals surface area contributed by atoms with Crippen LogP contribution in [-0.2, 0) is 11.2 Å². The molecule has 198 valence electrons. The van der Waals surface area contributed by atoms with E-state index in [-0.39, 0.29) is 5.56 Å². The maximum absolute atomic E-state index is 12.4. The van der Waals surface area contributed by atoms with Crippen LogP contribution in [-0.4, -0.2) is 40.5 Å². The van der Waals surface area contributed by atoms with Gasteiger partial charge in [0, 0.05) is 31.8 Å².